The van der Waals surface area contributed by atoms with Gasteiger partial charge in [0.15, 0.2) is 0 Å². The molecule has 0 aliphatic heterocycles. The number of carbonyl (C=O) groups is 2. The van der Waals surface area contributed by atoms with Crippen LogP contribution in [0, 0.1) is 11.7 Å². The van der Waals surface area contributed by atoms with Crippen LogP contribution in [-0.2, 0) is 9.53 Å². The highest BCUT2D eigenvalue weighted by Gasteiger charge is 2.25. The zero-order valence-corrected chi connectivity index (χ0v) is 11.9. The fourth-order valence-electron chi connectivity index (χ4n) is 2.58. The lowest BCUT2D eigenvalue weighted by molar-refractivity contribution is -0.120. The maximum atomic E-state index is 13.5. The van der Waals surface area contributed by atoms with Gasteiger partial charge in [-0.1, -0.05) is 6.42 Å². The summed E-state index contributed by atoms with van der Waals surface area (Å²) >= 11 is 0. The number of halogens is 1. The predicted octanol–water partition coefficient (Wildman–Crippen LogP) is 2.07. The first-order chi connectivity index (χ1) is 10.0. The van der Waals surface area contributed by atoms with Gasteiger partial charge in [0.1, 0.15) is 5.82 Å². The number of methoxy groups -OCH3 is 1. The molecule has 1 aliphatic carbocycles. The number of nitrogens with one attached hydrogen (secondary N) is 1. The zero-order chi connectivity index (χ0) is 15.4. The number of hydrogen-bond donors (Lipinski definition) is 2. The fraction of sp³-hybridized carbons (Fsp3) is 0.467. The van der Waals surface area contributed by atoms with Gasteiger partial charge in [-0.2, -0.15) is 0 Å². The van der Waals surface area contributed by atoms with E-state index in [1.54, 1.807) is 0 Å². The lowest BCUT2D eigenvalue weighted by Crippen LogP contribution is -2.34. The first-order valence-electron chi connectivity index (χ1n) is 6.95. The molecule has 0 radical (unpaired) electrons. The summed E-state index contributed by atoms with van der Waals surface area (Å²) in [6, 6.07) is 3.88. The first-order valence-corrected chi connectivity index (χ1v) is 6.95. The van der Waals surface area contributed by atoms with E-state index >= 15 is 0 Å². The van der Waals surface area contributed by atoms with Crippen LogP contribution >= 0.6 is 0 Å². The molecule has 1 aromatic rings. The lowest BCUT2D eigenvalue weighted by atomic mass is 9.85. The molecule has 1 saturated carbocycles. The molecule has 2 unspecified atom stereocenters. The van der Waals surface area contributed by atoms with Crippen molar-refractivity contribution in [3.63, 3.8) is 0 Å². The molecular formula is C15H19FN2O3. The summed E-state index contributed by atoms with van der Waals surface area (Å²) in [6.07, 6.45) is 3.31. The van der Waals surface area contributed by atoms with Crippen molar-refractivity contribution in [2.45, 2.75) is 31.7 Å². The van der Waals surface area contributed by atoms with Gasteiger partial charge >= 0.3 is 5.97 Å². The van der Waals surface area contributed by atoms with Gasteiger partial charge in [-0.15, -0.1) is 0 Å². The van der Waals surface area contributed by atoms with Crippen LogP contribution in [0.2, 0.25) is 0 Å². The number of benzene rings is 1. The molecule has 0 bridgehead atoms. The van der Waals surface area contributed by atoms with Gasteiger partial charge in [-0.05, 0) is 37.5 Å². The molecule has 0 saturated heterocycles. The number of nitrogens with two attached hydrogens (primary N) is 1. The van der Waals surface area contributed by atoms with Crippen LogP contribution in [0.25, 0.3) is 0 Å². The van der Waals surface area contributed by atoms with E-state index in [4.69, 9.17) is 5.73 Å². The minimum atomic E-state index is -0.775. The van der Waals surface area contributed by atoms with Gasteiger partial charge in [0.2, 0.25) is 5.91 Å². The van der Waals surface area contributed by atoms with Crippen LogP contribution < -0.4 is 11.1 Å². The van der Waals surface area contributed by atoms with E-state index in [9.17, 15) is 14.0 Å². The Morgan fingerprint density at radius 1 is 1.38 bits per heavy atom. The molecule has 0 heterocycles. The Bertz CT molecular complexity index is 548. The molecule has 1 amide bonds. The minimum Gasteiger partial charge on any atom is -0.465 e. The van der Waals surface area contributed by atoms with Gasteiger partial charge < -0.3 is 15.8 Å². The highest BCUT2D eigenvalue weighted by atomic mass is 19.1. The van der Waals surface area contributed by atoms with Gasteiger partial charge in [0, 0.05) is 17.6 Å². The molecule has 3 N–H and O–H groups in total. The van der Waals surface area contributed by atoms with E-state index in [0.717, 1.165) is 25.3 Å². The summed E-state index contributed by atoms with van der Waals surface area (Å²) < 4.78 is 18.0. The van der Waals surface area contributed by atoms with Crippen molar-refractivity contribution in [2.75, 3.05) is 12.4 Å². The van der Waals surface area contributed by atoms with E-state index in [0.29, 0.717) is 12.1 Å². The quantitative estimate of drug-likeness (QED) is 0.836. The van der Waals surface area contributed by atoms with Gasteiger partial charge in [0.25, 0.3) is 0 Å². The third-order valence-corrected chi connectivity index (χ3v) is 3.72. The summed E-state index contributed by atoms with van der Waals surface area (Å²) in [4.78, 5) is 23.6. The van der Waals surface area contributed by atoms with Crippen molar-refractivity contribution in [3.8, 4) is 0 Å². The summed E-state index contributed by atoms with van der Waals surface area (Å²) in [7, 11) is 1.18. The average molecular weight is 294 g/mol. The van der Waals surface area contributed by atoms with Crippen LogP contribution in [0.3, 0.4) is 0 Å². The van der Waals surface area contributed by atoms with Gasteiger partial charge in [-0.3, -0.25) is 4.79 Å². The Labute approximate surface area is 122 Å². The molecule has 2 atom stereocenters. The molecule has 2 rings (SSSR count). The second kappa shape index (κ2) is 6.67. The Morgan fingerprint density at radius 3 is 2.81 bits per heavy atom. The number of carbonyl (C=O) groups excluding carboxylic acids is 2. The van der Waals surface area contributed by atoms with E-state index in [1.807, 2.05) is 0 Å². The summed E-state index contributed by atoms with van der Waals surface area (Å²) in [6.45, 7) is 0. The molecule has 5 nitrogen and oxygen atoms in total. The Hall–Kier alpha value is -1.95. The van der Waals surface area contributed by atoms with Crippen LogP contribution in [-0.4, -0.2) is 25.0 Å². The summed E-state index contributed by atoms with van der Waals surface area (Å²) in [5, 5.41) is 2.71. The minimum absolute atomic E-state index is 0.0494. The third kappa shape index (κ3) is 3.78. The van der Waals surface area contributed by atoms with Crippen molar-refractivity contribution in [3.05, 3.63) is 29.6 Å². The van der Waals surface area contributed by atoms with Crippen LogP contribution in [0.4, 0.5) is 10.1 Å². The van der Waals surface area contributed by atoms with E-state index < -0.39 is 11.8 Å². The Kier molecular flexibility index (Phi) is 4.90. The molecule has 114 valence electrons. The molecule has 0 aromatic heterocycles. The van der Waals surface area contributed by atoms with E-state index in [-0.39, 0.29) is 23.4 Å². The van der Waals surface area contributed by atoms with Crippen molar-refractivity contribution in [1.29, 1.82) is 0 Å². The number of amides is 1. The predicted molar refractivity (Wildman–Crippen MR) is 76.3 cm³/mol. The number of esters is 1. The van der Waals surface area contributed by atoms with E-state index in [1.165, 1.54) is 19.2 Å². The molecule has 1 fully saturated rings. The van der Waals surface area contributed by atoms with Crippen molar-refractivity contribution >= 4 is 17.6 Å². The average Bonchev–Trinajstić information content (AvgIpc) is 2.48. The molecule has 1 aliphatic rings. The Balaban J connectivity index is 2.08. The second-order valence-corrected chi connectivity index (χ2v) is 5.30. The molecular weight excluding hydrogens is 275 g/mol. The topological polar surface area (TPSA) is 81.4 Å². The first kappa shape index (κ1) is 15.4. The van der Waals surface area contributed by atoms with Crippen LogP contribution in [0.5, 0.6) is 0 Å². The third-order valence-electron chi connectivity index (χ3n) is 3.72. The molecule has 0 spiro atoms. The van der Waals surface area contributed by atoms with Crippen LogP contribution in [0.15, 0.2) is 18.2 Å². The normalized spacial score (nSPS) is 21.7. The zero-order valence-electron chi connectivity index (χ0n) is 11.9. The largest absolute Gasteiger partial charge is 0.465 e. The highest BCUT2D eigenvalue weighted by molar-refractivity contribution is 5.95. The molecule has 1 aromatic carbocycles. The van der Waals surface area contributed by atoms with Gasteiger partial charge in [0.05, 0.1) is 12.7 Å². The maximum Gasteiger partial charge on any atom is 0.340 e. The number of ether oxygens (including phenoxy) is 1. The molecule has 6 heteroatoms. The fourth-order valence-corrected chi connectivity index (χ4v) is 2.58. The molecule has 21 heavy (non-hydrogen) atoms. The van der Waals surface area contributed by atoms with E-state index in [2.05, 4.69) is 10.1 Å². The van der Waals surface area contributed by atoms with Gasteiger partial charge in [-0.25, -0.2) is 9.18 Å². The summed E-state index contributed by atoms with van der Waals surface area (Å²) in [5.74, 6) is -1.74. The lowest BCUT2D eigenvalue weighted by Gasteiger charge is -2.25. The monoisotopic (exact) mass is 294 g/mol. The SMILES string of the molecule is COC(=O)c1cc(NC(=O)C2CCCC(N)C2)ccc1F. The number of anilines is 1. The number of rotatable bonds is 3. The highest BCUT2D eigenvalue weighted by Crippen LogP contribution is 2.25. The maximum absolute atomic E-state index is 13.5. The second-order valence-electron chi connectivity index (χ2n) is 5.30. The van der Waals surface area contributed by atoms with Crippen LogP contribution in [0.1, 0.15) is 36.0 Å². The van der Waals surface area contributed by atoms with Crippen molar-refractivity contribution < 1.29 is 18.7 Å². The summed E-state index contributed by atoms with van der Waals surface area (Å²) in [5.41, 5.74) is 6.04. The number of hydrogen-bond acceptors (Lipinski definition) is 4. The standard InChI is InChI=1S/C15H19FN2O3/c1-21-15(20)12-8-11(5-6-13(12)16)18-14(19)9-3-2-4-10(17)7-9/h5-6,8-10H,2-4,7,17H2,1H3,(H,18,19). The smallest absolute Gasteiger partial charge is 0.340 e. The Morgan fingerprint density at radius 2 is 2.14 bits per heavy atom. The van der Waals surface area contributed by atoms with Crippen molar-refractivity contribution in [1.82, 2.24) is 0 Å². The van der Waals surface area contributed by atoms with Crippen molar-refractivity contribution in [2.24, 2.45) is 11.7 Å².